The Morgan fingerprint density at radius 2 is 1.06 bits per heavy atom. The molecular weight excluding hydrogens is 452 g/mol. The van der Waals surface area contributed by atoms with E-state index in [1.165, 1.54) is 18.8 Å². The van der Waals surface area contributed by atoms with Crippen molar-refractivity contribution in [3.8, 4) is 0 Å². The molecule has 3 aromatic carbocycles. The molecular formula is C30H27N2O4+. The monoisotopic (exact) mass is 479 g/mol. The number of nitrogens with zero attached hydrogens (tertiary/aromatic N) is 2. The minimum atomic E-state index is -0.538. The highest BCUT2D eigenvalue weighted by Crippen LogP contribution is 2.34. The van der Waals surface area contributed by atoms with Crippen LogP contribution in [-0.4, -0.2) is 26.2 Å². The lowest BCUT2D eigenvalue weighted by Gasteiger charge is -2.25. The van der Waals surface area contributed by atoms with Crippen LogP contribution in [0.25, 0.3) is 12.2 Å². The number of esters is 2. The molecule has 0 saturated heterocycles. The van der Waals surface area contributed by atoms with Crippen LogP contribution in [0.2, 0.25) is 0 Å². The Bertz CT molecular complexity index is 1310. The van der Waals surface area contributed by atoms with Crippen molar-refractivity contribution in [2.24, 2.45) is 7.05 Å². The summed E-state index contributed by atoms with van der Waals surface area (Å²) in [6.45, 7) is 0. The first kappa shape index (κ1) is 24.4. The molecule has 0 bridgehead atoms. The zero-order chi connectivity index (χ0) is 25.5. The van der Waals surface area contributed by atoms with Gasteiger partial charge in [-0.2, -0.15) is 4.57 Å². The Morgan fingerprint density at radius 3 is 1.50 bits per heavy atom. The lowest BCUT2D eigenvalue weighted by Crippen LogP contribution is -2.43. The van der Waals surface area contributed by atoms with E-state index in [2.05, 4.69) is 41.3 Å². The zero-order valence-corrected chi connectivity index (χ0v) is 20.4. The van der Waals surface area contributed by atoms with Crippen LogP contribution in [-0.2, 0) is 16.5 Å². The van der Waals surface area contributed by atoms with E-state index in [4.69, 9.17) is 9.47 Å². The minimum Gasteiger partial charge on any atom is -0.461 e. The van der Waals surface area contributed by atoms with Crippen molar-refractivity contribution in [3.05, 3.63) is 120 Å². The lowest BCUT2D eigenvalue weighted by atomic mass is 10.1. The number of hydrogen-bond donors (Lipinski definition) is 0. The third-order valence-electron chi connectivity index (χ3n) is 5.77. The summed E-state index contributed by atoms with van der Waals surface area (Å²) in [7, 11) is 4.23. The topological polar surface area (TPSA) is 59.7 Å². The molecule has 0 saturated carbocycles. The van der Waals surface area contributed by atoms with Crippen LogP contribution in [0, 0.1) is 0 Å². The van der Waals surface area contributed by atoms with Gasteiger partial charge in [-0.05, 0) is 47.5 Å². The SMILES string of the molecule is COC(=O)c1cc(/C=C/c2ccc(N(c3ccccc3)c3ccccc3)cc2)cc(C(=O)OC)[n+]1C. The van der Waals surface area contributed by atoms with Crippen molar-refractivity contribution in [2.45, 2.75) is 0 Å². The van der Waals surface area contributed by atoms with Crippen molar-refractivity contribution in [1.29, 1.82) is 0 Å². The van der Waals surface area contributed by atoms with Gasteiger partial charge in [0.2, 0.25) is 0 Å². The largest absolute Gasteiger partial charge is 0.461 e. The summed E-state index contributed by atoms with van der Waals surface area (Å²) in [5.41, 5.74) is 5.29. The molecule has 0 N–H and O–H groups in total. The molecule has 4 rings (SSSR count). The third-order valence-corrected chi connectivity index (χ3v) is 5.77. The maximum Gasteiger partial charge on any atom is 0.403 e. The lowest BCUT2D eigenvalue weighted by molar-refractivity contribution is -0.676. The van der Waals surface area contributed by atoms with Crippen LogP contribution in [0.15, 0.2) is 97.1 Å². The quantitative estimate of drug-likeness (QED) is 0.250. The Hall–Kier alpha value is -4.71. The fourth-order valence-electron chi connectivity index (χ4n) is 3.91. The van der Waals surface area contributed by atoms with Crippen molar-refractivity contribution in [2.75, 3.05) is 19.1 Å². The van der Waals surface area contributed by atoms with E-state index in [0.29, 0.717) is 5.56 Å². The first-order valence-corrected chi connectivity index (χ1v) is 11.4. The Balaban J connectivity index is 1.66. The Kier molecular flexibility index (Phi) is 7.56. The summed E-state index contributed by atoms with van der Waals surface area (Å²) in [5.74, 6) is -1.08. The third kappa shape index (κ3) is 5.33. The van der Waals surface area contributed by atoms with Gasteiger partial charge in [-0.25, -0.2) is 9.59 Å². The van der Waals surface area contributed by atoms with Crippen LogP contribution in [0.4, 0.5) is 17.1 Å². The van der Waals surface area contributed by atoms with Gasteiger partial charge in [0.15, 0.2) is 0 Å². The van der Waals surface area contributed by atoms with E-state index in [0.717, 1.165) is 22.6 Å². The van der Waals surface area contributed by atoms with Crippen molar-refractivity contribution in [1.82, 2.24) is 0 Å². The highest BCUT2D eigenvalue weighted by Gasteiger charge is 2.26. The van der Waals surface area contributed by atoms with E-state index in [9.17, 15) is 9.59 Å². The summed E-state index contributed by atoms with van der Waals surface area (Å²) in [4.78, 5) is 26.7. The van der Waals surface area contributed by atoms with Crippen LogP contribution >= 0.6 is 0 Å². The highest BCUT2D eigenvalue weighted by molar-refractivity contribution is 5.90. The number of ether oxygens (including phenoxy) is 2. The van der Waals surface area contributed by atoms with Crippen molar-refractivity contribution < 1.29 is 23.6 Å². The van der Waals surface area contributed by atoms with Crippen LogP contribution in [0.3, 0.4) is 0 Å². The van der Waals surface area contributed by atoms with Gasteiger partial charge in [0.05, 0.1) is 14.2 Å². The fraction of sp³-hybridized carbons (Fsp3) is 0.100. The summed E-state index contributed by atoms with van der Waals surface area (Å²) in [6, 6.07) is 31.9. The summed E-state index contributed by atoms with van der Waals surface area (Å²) < 4.78 is 11.2. The molecule has 0 amide bonds. The molecule has 0 unspecified atom stereocenters. The summed E-state index contributed by atoms with van der Waals surface area (Å²) in [5, 5.41) is 0. The smallest absolute Gasteiger partial charge is 0.403 e. The van der Waals surface area contributed by atoms with Gasteiger partial charge in [0, 0.05) is 29.2 Å². The maximum absolute atomic E-state index is 12.2. The molecule has 1 aromatic heterocycles. The molecule has 4 aromatic rings. The van der Waals surface area contributed by atoms with E-state index in [1.54, 1.807) is 19.2 Å². The van der Waals surface area contributed by atoms with Gasteiger partial charge in [0.25, 0.3) is 11.4 Å². The molecule has 0 fully saturated rings. The molecule has 0 atom stereocenters. The number of para-hydroxylation sites is 2. The van der Waals surface area contributed by atoms with Gasteiger partial charge in [0.1, 0.15) is 7.05 Å². The number of carbonyl (C=O) groups is 2. The summed E-state index contributed by atoms with van der Waals surface area (Å²) in [6.07, 6.45) is 3.77. The molecule has 1 heterocycles. The average molecular weight is 480 g/mol. The number of methoxy groups -OCH3 is 2. The van der Waals surface area contributed by atoms with Crippen LogP contribution < -0.4 is 9.47 Å². The first-order chi connectivity index (χ1) is 17.5. The highest BCUT2D eigenvalue weighted by atomic mass is 16.5. The number of hydrogen-bond acceptors (Lipinski definition) is 5. The zero-order valence-electron chi connectivity index (χ0n) is 20.4. The molecule has 180 valence electrons. The van der Waals surface area contributed by atoms with E-state index < -0.39 is 11.9 Å². The standard InChI is InChI=1S/C30H27N2O4/c1-31-27(29(33)35-2)20-23(21-28(31)30(34)36-3)15-14-22-16-18-26(19-17-22)32(24-10-6-4-7-11-24)25-12-8-5-9-13-25/h4-21H,1-3H3/q+1. The van der Waals surface area contributed by atoms with Gasteiger partial charge in [-0.3, -0.25) is 0 Å². The predicted molar refractivity (Wildman–Crippen MR) is 140 cm³/mol. The Morgan fingerprint density at radius 1 is 0.639 bits per heavy atom. The molecule has 36 heavy (non-hydrogen) atoms. The second-order valence-corrected chi connectivity index (χ2v) is 8.03. The molecule has 0 spiro atoms. The molecule has 0 radical (unpaired) electrons. The average Bonchev–Trinajstić information content (AvgIpc) is 2.93. The van der Waals surface area contributed by atoms with Crippen LogP contribution in [0.1, 0.15) is 32.1 Å². The molecule has 0 aliphatic carbocycles. The first-order valence-electron chi connectivity index (χ1n) is 11.4. The number of benzene rings is 3. The number of aromatic nitrogens is 1. The molecule has 6 nitrogen and oxygen atoms in total. The van der Waals surface area contributed by atoms with Gasteiger partial charge >= 0.3 is 11.9 Å². The number of pyridine rings is 1. The number of rotatable bonds is 7. The van der Waals surface area contributed by atoms with Crippen LogP contribution in [0.5, 0.6) is 0 Å². The van der Waals surface area contributed by atoms with Crippen molar-refractivity contribution >= 4 is 41.2 Å². The number of carbonyl (C=O) groups excluding carboxylic acids is 2. The van der Waals surface area contributed by atoms with Crippen molar-refractivity contribution in [3.63, 3.8) is 0 Å². The molecule has 0 aliphatic heterocycles. The fourth-order valence-corrected chi connectivity index (χ4v) is 3.91. The molecule has 0 aliphatic rings. The van der Waals surface area contributed by atoms with Gasteiger partial charge < -0.3 is 14.4 Å². The normalized spacial score (nSPS) is 10.8. The Labute approximate surface area is 210 Å². The van der Waals surface area contributed by atoms with E-state index in [1.807, 2.05) is 60.7 Å². The molecule has 6 heteroatoms. The summed E-state index contributed by atoms with van der Waals surface area (Å²) >= 11 is 0. The predicted octanol–water partition coefficient (Wildman–Crippen LogP) is 5.72. The second-order valence-electron chi connectivity index (χ2n) is 8.03. The van der Waals surface area contributed by atoms with E-state index in [-0.39, 0.29) is 11.4 Å². The second kappa shape index (κ2) is 11.1. The van der Waals surface area contributed by atoms with E-state index >= 15 is 0 Å². The number of anilines is 3. The van der Waals surface area contributed by atoms with Gasteiger partial charge in [-0.1, -0.05) is 60.7 Å². The minimum absolute atomic E-state index is 0.247. The maximum atomic E-state index is 12.2. The van der Waals surface area contributed by atoms with Gasteiger partial charge in [-0.15, -0.1) is 0 Å².